The number of benzene rings is 1. The van der Waals surface area contributed by atoms with E-state index in [1.165, 1.54) is 28.4 Å². The summed E-state index contributed by atoms with van der Waals surface area (Å²) in [6, 6.07) is 6.28. The van der Waals surface area contributed by atoms with Gasteiger partial charge in [0, 0.05) is 16.6 Å². The Hall–Kier alpha value is -1.95. The lowest BCUT2D eigenvalue weighted by Crippen LogP contribution is -2.38. The van der Waals surface area contributed by atoms with Crippen LogP contribution in [0.3, 0.4) is 0 Å². The summed E-state index contributed by atoms with van der Waals surface area (Å²) in [5.41, 5.74) is 5.19. The van der Waals surface area contributed by atoms with Gasteiger partial charge in [-0.05, 0) is 24.6 Å². The van der Waals surface area contributed by atoms with Gasteiger partial charge in [0.2, 0.25) is 5.91 Å². The van der Waals surface area contributed by atoms with Crippen molar-refractivity contribution in [1.82, 2.24) is 4.90 Å². The molecule has 4 nitrogen and oxygen atoms in total. The molecule has 1 heterocycles. The van der Waals surface area contributed by atoms with Gasteiger partial charge < -0.3 is 10.6 Å². The highest BCUT2D eigenvalue weighted by atomic mass is 32.1. The van der Waals surface area contributed by atoms with E-state index in [0.717, 1.165) is 12.8 Å². The van der Waals surface area contributed by atoms with Crippen LogP contribution >= 0.6 is 11.3 Å². The van der Waals surface area contributed by atoms with E-state index in [4.69, 9.17) is 5.73 Å². The normalized spacial score (nSPS) is 10.8. The minimum absolute atomic E-state index is 0.116. The molecule has 1 aromatic heterocycles. The Labute approximate surface area is 126 Å². The number of hydrogen-bond donors (Lipinski definition) is 1. The molecule has 0 aliphatic carbocycles. The highest BCUT2D eigenvalue weighted by molar-refractivity contribution is 7.20. The summed E-state index contributed by atoms with van der Waals surface area (Å²) in [5.74, 6) is -1.17. The summed E-state index contributed by atoms with van der Waals surface area (Å²) >= 11 is 1.23. The molecule has 0 spiro atoms. The van der Waals surface area contributed by atoms with Crippen molar-refractivity contribution in [3.8, 4) is 0 Å². The molecule has 0 radical (unpaired) electrons. The SMILES string of the molecule is CCCCN(CC(N)=O)C(=O)c1cc2c(F)cccc2s1. The molecule has 0 aliphatic heterocycles. The van der Waals surface area contributed by atoms with Crippen molar-refractivity contribution in [2.24, 2.45) is 5.73 Å². The van der Waals surface area contributed by atoms with Gasteiger partial charge in [-0.3, -0.25) is 9.59 Å². The van der Waals surface area contributed by atoms with Gasteiger partial charge in [0.05, 0.1) is 11.4 Å². The minimum Gasteiger partial charge on any atom is -0.368 e. The maximum Gasteiger partial charge on any atom is 0.264 e. The van der Waals surface area contributed by atoms with Gasteiger partial charge >= 0.3 is 0 Å². The first-order valence-electron chi connectivity index (χ1n) is 6.78. The fourth-order valence-corrected chi connectivity index (χ4v) is 3.12. The smallest absolute Gasteiger partial charge is 0.264 e. The lowest BCUT2D eigenvalue weighted by molar-refractivity contribution is -0.118. The number of hydrogen-bond acceptors (Lipinski definition) is 3. The summed E-state index contributed by atoms with van der Waals surface area (Å²) in [4.78, 5) is 25.4. The number of rotatable bonds is 6. The lowest BCUT2D eigenvalue weighted by Gasteiger charge is -2.19. The minimum atomic E-state index is -0.549. The van der Waals surface area contributed by atoms with Crippen LogP contribution in [0.4, 0.5) is 4.39 Å². The molecule has 2 N–H and O–H groups in total. The number of thiophene rings is 1. The molecule has 0 aliphatic rings. The zero-order valence-corrected chi connectivity index (χ0v) is 12.6. The third kappa shape index (κ3) is 3.58. The first kappa shape index (κ1) is 15.4. The molecule has 0 unspecified atom stereocenters. The van der Waals surface area contributed by atoms with E-state index >= 15 is 0 Å². The Morgan fingerprint density at radius 1 is 1.38 bits per heavy atom. The first-order valence-corrected chi connectivity index (χ1v) is 7.60. The van der Waals surface area contributed by atoms with Gasteiger partial charge in [-0.1, -0.05) is 19.4 Å². The Morgan fingerprint density at radius 2 is 2.14 bits per heavy atom. The van der Waals surface area contributed by atoms with Crippen LogP contribution in [0.15, 0.2) is 24.3 Å². The molecule has 6 heteroatoms. The van der Waals surface area contributed by atoms with Gasteiger partial charge in [0.25, 0.3) is 5.91 Å². The number of nitrogens with two attached hydrogens (primary N) is 1. The van der Waals surface area contributed by atoms with E-state index in [2.05, 4.69) is 0 Å². The van der Waals surface area contributed by atoms with Crippen molar-refractivity contribution in [3.05, 3.63) is 35.0 Å². The average molecular weight is 308 g/mol. The number of unbranched alkanes of at least 4 members (excludes halogenated alkanes) is 1. The second-order valence-electron chi connectivity index (χ2n) is 4.81. The van der Waals surface area contributed by atoms with Crippen LogP contribution in [0.25, 0.3) is 10.1 Å². The number of amides is 2. The third-order valence-electron chi connectivity index (χ3n) is 3.13. The number of fused-ring (bicyclic) bond motifs is 1. The fraction of sp³-hybridized carbons (Fsp3) is 0.333. The van der Waals surface area contributed by atoms with Crippen LogP contribution in [-0.4, -0.2) is 29.8 Å². The largest absolute Gasteiger partial charge is 0.368 e. The predicted molar refractivity (Wildman–Crippen MR) is 81.8 cm³/mol. The molecule has 112 valence electrons. The zero-order valence-electron chi connectivity index (χ0n) is 11.8. The van der Waals surface area contributed by atoms with Crippen LogP contribution in [0, 0.1) is 5.82 Å². The van der Waals surface area contributed by atoms with Crippen molar-refractivity contribution >= 4 is 33.2 Å². The van der Waals surface area contributed by atoms with E-state index in [9.17, 15) is 14.0 Å². The standard InChI is InChI=1S/C15H17FN2O2S/c1-2-3-7-18(9-14(17)19)15(20)13-8-10-11(16)5-4-6-12(10)21-13/h4-6,8H,2-3,7,9H2,1H3,(H2,17,19). The van der Waals surface area contributed by atoms with Crippen molar-refractivity contribution < 1.29 is 14.0 Å². The Bertz CT molecular complexity index is 669. The van der Waals surface area contributed by atoms with E-state index < -0.39 is 5.91 Å². The first-order chi connectivity index (χ1) is 10.0. The summed E-state index contributed by atoms with van der Waals surface area (Å²) < 4.78 is 14.4. The summed E-state index contributed by atoms with van der Waals surface area (Å²) in [6.45, 7) is 2.35. The topological polar surface area (TPSA) is 63.4 Å². The molecule has 0 saturated heterocycles. The molecule has 1 aromatic carbocycles. The molecule has 2 rings (SSSR count). The van der Waals surface area contributed by atoms with Crippen LogP contribution in [-0.2, 0) is 4.79 Å². The van der Waals surface area contributed by atoms with Crippen LogP contribution in [0.1, 0.15) is 29.4 Å². The van der Waals surface area contributed by atoms with E-state index in [1.807, 2.05) is 6.92 Å². The number of carbonyl (C=O) groups is 2. The van der Waals surface area contributed by atoms with Crippen molar-refractivity contribution in [2.45, 2.75) is 19.8 Å². The Balaban J connectivity index is 2.29. The summed E-state index contributed by atoms with van der Waals surface area (Å²) in [6.07, 6.45) is 1.70. The predicted octanol–water partition coefficient (Wildman–Crippen LogP) is 2.77. The van der Waals surface area contributed by atoms with E-state index in [1.54, 1.807) is 12.1 Å². The van der Waals surface area contributed by atoms with Gasteiger partial charge in [0.1, 0.15) is 5.82 Å². The summed E-state index contributed by atoms with van der Waals surface area (Å²) in [5, 5.41) is 0.431. The van der Waals surface area contributed by atoms with Crippen molar-refractivity contribution in [1.29, 1.82) is 0 Å². The van der Waals surface area contributed by atoms with Gasteiger partial charge in [-0.15, -0.1) is 11.3 Å². The van der Waals surface area contributed by atoms with Gasteiger partial charge in [-0.25, -0.2) is 4.39 Å². The van der Waals surface area contributed by atoms with Crippen molar-refractivity contribution in [3.63, 3.8) is 0 Å². The zero-order chi connectivity index (χ0) is 15.4. The van der Waals surface area contributed by atoms with Crippen LogP contribution in [0.5, 0.6) is 0 Å². The monoisotopic (exact) mass is 308 g/mol. The highest BCUT2D eigenvalue weighted by Crippen LogP contribution is 2.28. The van der Waals surface area contributed by atoms with Crippen molar-refractivity contribution in [2.75, 3.05) is 13.1 Å². The molecule has 0 atom stereocenters. The summed E-state index contributed by atoms with van der Waals surface area (Å²) in [7, 11) is 0. The average Bonchev–Trinajstić information content (AvgIpc) is 2.88. The maximum atomic E-state index is 13.7. The number of primary amides is 1. The highest BCUT2D eigenvalue weighted by Gasteiger charge is 2.20. The molecule has 2 amide bonds. The molecule has 0 fully saturated rings. The number of halogens is 1. The fourth-order valence-electron chi connectivity index (χ4n) is 2.08. The quantitative estimate of drug-likeness (QED) is 0.892. The third-order valence-corrected chi connectivity index (χ3v) is 4.22. The molecule has 21 heavy (non-hydrogen) atoms. The van der Waals surface area contributed by atoms with Crippen LogP contribution in [0.2, 0.25) is 0 Å². The molecule has 0 bridgehead atoms. The second-order valence-corrected chi connectivity index (χ2v) is 5.89. The number of nitrogens with zero attached hydrogens (tertiary/aromatic N) is 1. The maximum absolute atomic E-state index is 13.7. The van der Waals surface area contributed by atoms with E-state index in [-0.39, 0.29) is 18.3 Å². The van der Waals surface area contributed by atoms with Gasteiger partial charge in [0.15, 0.2) is 0 Å². The molecular formula is C15H17FN2O2S. The van der Waals surface area contributed by atoms with Gasteiger partial charge in [-0.2, -0.15) is 0 Å². The molecular weight excluding hydrogens is 291 g/mol. The van der Waals surface area contributed by atoms with E-state index in [0.29, 0.717) is 21.5 Å². The lowest BCUT2D eigenvalue weighted by atomic mass is 10.2. The second kappa shape index (κ2) is 6.67. The Kier molecular flexibility index (Phi) is 4.90. The molecule has 0 saturated carbocycles. The van der Waals surface area contributed by atoms with Crippen LogP contribution < -0.4 is 5.73 Å². The Morgan fingerprint density at radius 3 is 2.76 bits per heavy atom. The number of carbonyl (C=O) groups excluding carboxylic acids is 2. The molecule has 2 aromatic rings.